The molecule has 0 aromatic carbocycles. The third kappa shape index (κ3) is 4.72. The highest BCUT2D eigenvalue weighted by Crippen LogP contribution is 2.18. The SMILES string of the molecule is C=CCOC(=O)N1CCC(/C=C/C(=O)O)CC1. The molecule has 0 aliphatic carbocycles. The Morgan fingerprint density at radius 1 is 1.41 bits per heavy atom. The zero-order valence-electron chi connectivity index (χ0n) is 9.67. The molecule has 1 aliphatic heterocycles. The minimum Gasteiger partial charge on any atom is -0.478 e. The molecule has 1 fully saturated rings. The fraction of sp³-hybridized carbons (Fsp3) is 0.500. The number of likely N-dealkylation sites (tertiary alicyclic amines) is 1. The molecule has 1 heterocycles. The summed E-state index contributed by atoms with van der Waals surface area (Å²) in [5.74, 6) is -0.702. The van der Waals surface area contributed by atoms with Crippen LogP contribution in [0.3, 0.4) is 0 Å². The maximum absolute atomic E-state index is 11.5. The van der Waals surface area contributed by atoms with Crippen LogP contribution in [-0.4, -0.2) is 41.8 Å². The van der Waals surface area contributed by atoms with Crippen LogP contribution in [0.25, 0.3) is 0 Å². The Bertz CT molecular complexity index is 316. The van der Waals surface area contributed by atoms with E-state index in [9.17, 15) is 9.59 Å². The first kappa shape index (κ1) is 13.3. The summed E-state index contributed by atoms with van der Waals surface area (Å²) in [6.07, 6.45) is 5.59. The number of allylic oxidation sites excluding steroid dienone is 1. The Morgan fingerprint density at radius 2 is 2.06 bits per heavy atom. The van der Waals surface area contributed by atoms with Crippen molar-refractivity contribution in [3.8, 4) is 0 Å². The molecule has 0 bridgehead atoms. The number of rotatable bonds is 4. The van der Waals surface area contributed by atoms with Gasteiger partial charge in [-0.2, -0.15) is 0 Å². The summed E-state index contributed by atoms with van der Waals surface area (Å²) >= 11 is 0. The summed E-state index contributed by atoms with van der Waals surface area (Å²) in [6.45, 7) is 4.89. The average molecular weight is 239 g/mol. The molecule has 0 aromatic rings. The molecule has 0 atom stereocenters. The predicted octanol–water partition coefficient (Wildman–Crippen LogP) is 1.66. The molecule has 1 aliphatic rings. The second kappa shape index (κ2) is 6.73. The molecular formula is C12H17NO4. The van der Waals surface area contributed by atoms with Crippen LogP contribution in [0.4, 0.5) is 4.79 Å². The van der Waals surface area contributed by atoms with Crippen LogP contribution in [-0.2, 0) is 9.53 Å². The van der Waals surface area contributed by atoms with E-state index in [1.165, 1.54) is 6.08 Å². The normalized spacial score (nSPS) is 17.1. The van der Waals surface area contributed by atoms with Gasteiger partial charge in [0.15, 0.2) is 0 Å². The molecular weight excluding hydrogens is 222 g/mol. The lowest BCUT2D eigenvalue weighted by Crippen LogP contribution is -2.38. The highest BCUT2D eigenvalue weighted by molar-refractivity contribution is 5.79. The van der Waals surface area contributed by atoms with Gasteiger partial charge in [0, 0.05) is 19.2 Å². The number of hydrogen-bond donors (Lipinski definition) is 1. The van der Waals surface area contributed by atoms with Crippen molar-refractivity contribution < 1.29 is 19.4 Å². The van der Waals surface area contributed by atoms with Crippen molar-refractivity contribution in [1.82, 2.24) is 4.90 Å². The molecule has 17 heavy (non-hydrogen) atoms. The standard InChI is InChI=1S/C12H17NO4/c1-2-9-17-12(16)13-7-5-10(6-8-13)3-4-11(14)15/h2-4,10H,1,5-9H2,(H,14,15)/b4-3+. The Morgan fingerprint density at radius 3 is 2.59 bits per heavy atom. The number of carboxylic acid groups (broad SMARTS) is 1. The highest BCUT2D eigenvalue weighted by Gasteiger charge is 2.22. The summed E-state index contributed by atoms with van der Waals surface area (Å²) in [4.78, 5) is 23.5. The minimum absolute atomic E-state index is 0.220. The zero-order valence-corrected chi connectivity index (χ0v) is 9.67. The van der Waals surface area contributed by atoms with Gasteiger partial charge < -0.3 is 14.7 Å². The topological polar surface area (TPSA) is 66.8 Å². The fourth-order valence-corrected chi connectivity index (χ4v) is 1.71. The molecule has 0 aromatic heterocycles. The Hall–Kier alpha value is -1.78. The average Bonchev–Trinajstić information content (AvgIpc) is 2.34. The van der Waals surface area contributed by atoms with Crippen molar-refractivity contribution in [1.29, 1.82) is 0 Å². The summed E-state index contributed by atoms with van der Waals surface area (Å²) in [6, 6.07) is 0. The van der Waals surface area contributed by atoms with Crippen LogP contribution in [0.1, 0.15) is 12.8 Å². The van der Waals surface area contributed by atoms with Crippen molar-refractivity contribution in [3.63, 3.8) is 0 Å². The van der Waals surface area contributed by atoms with Crippen LogP contribution in [0.5, 0.6) is 0 Å². The third-order valence-electron chi connectivity index (χ3n) is 2.63. The number of carbonyl (C=O) groups excluding carboxylic acids is 1. The second-order valence-corrected chi connectivity index (χ2v) is 3.89. The molecule has 0 radical (unpaired) electrons. The van der Waals surface area contributed by atoms with Gasteiger partial charge in [0.1, 0.15) is 6.61 Å². The van der Waals surface area contributed by atoms with Gasteiger partial charge in [-0.05, 0) is 18.8 Å². The number of nitrogens with zero attached hydrogens (tertiary/aromatic N) is 1. The van der Waals surface area contributed by atoms with Gasteiger partial charge in [-0.3, -0.25) is 0 Å². The van der Waals surface area contributed by atoms with E-state index in [1.807, 2.05) is 0 Å². The number of ether oxygens (including phenoxy) is 1. The number of hydrogen-bond acceptors (Lipinski definition) is 3. The first-order chi connectivity index (χ1) is 8.13. The number of piperidine rings is 1. The Kier molecular flexibility index (Phi) is 5.26. The fourth-order valence-electron chi connectivity index (χ4n) is 1.71. The van der Waals surface area contributed by atoms with Crippen molar-refractivity contribution in [3.05, 3.63) is 24.8 Å². The zero-order chi connectivity index (χ0) is 12.7. The number of aliphatic carboxylic acids is 1. The van der Waals surface area contributed by atoms with Crippen LogP contribution >= 0.6 is 0 Å². The predicted molar refractivity (Wildman–Crippen MR) is 62.6 cm³/mol. The van der Waals surface area contributed by atoms with E-state index in [0.717, 1.165) is 18.9 Å². The first-order valence-electron chi connectivity index (χ1n) is 5.57. The molecule has 1 N–H and O–H groups in total. The van der Waals surface area contributed by atoms with Gasteiger partial charge in [-0.25, -0.2) is 9.59 Å². The van der Waals surface area contributed by atoms with E-state index in [2.05, 4.69) is 6.58 Å². The van der Waals surface area contributed by atoms with E-state index in [1.54, 1.807) is 11.0 Å². The lowest BCUT2D eigenvalue weighted by atomic mass is 9.97. The van der Waals surface area contributed by atoms with E-state index in [0.29, 0.717) is 13.1 Å². The lowest BCUT2D eigenvalue weighted by molar-refractivity contribution is -0.131. The van der Waals surface area contributed by atoms with Gasteiger partial charge in [-0.15, -0.1) is 0 Å². The minimum atomic E-state index is -0.933. The summed E-state index contributed by atoms with van der Waals surface area (Å²) in [5, 5.41) is 8.50. The van der Waals surface area contributed by atoms with Gasteiger partial charge in [0.05, 0.1) is 0 Å². The van der Waals surface area contributed by atoms with Crippen molar-refractivity contribution >= 4 is 12.1 Å². The largest absolute Gasteiger partial charge is 0.478 e. The van der Waals surface area contributed by atoms with Crippen LogP contribution < -0.4 is 0 Å². The second-order valence-electron chi connectivity index (χ2n) is 3.89. The number of amides is 1. The molecule has 5 heteroatoms. The molecule has 94 valence electrons. The maximum atomic E-state index is 11.5. The van der Waals surface area contributed by atoms with Crippen molar-refractivity contribution in [2.24, 2.45) is 5.92 Å². The third-order valence-corrected chi connectivity index (χ3v) is 2.63. The molecule has 1 saturated heterocycles. The van der Waals surface area contributed by atoms with Crippen LogP contribution in [0.2, 0.25) is 0 Å². The molecule has 1 amide bonds. The van der Waals surface area contributed by atoms with Gasteiger partial charge in [0.25, 0.3) is 0 Å². The molecule has 1 rings (SSSR count). The molecule has 5 nitrogen and oxygen atoms in total. The summed E-state index contributed by atoms with van der Waals surface area (Å²) in [5.41, 5.74) is 0. The van der Waals surface area contributed by atoms with E-state index in [4.69, 9.17) is 9.84 Å². The number of carbonyl (C=O) groups is 2. The monoisotopic (exact) mass is 239 g/mol. The Labute approximate surface area is 100 Å². The first-order valence-corrected chi connectivity index (χ1v) is 5.57. The molecule has 0 spiro atoms. The quantitative estimate of drug-likeness (QED) is 0.598. The highest BCUT2D eigenvalue weighted by atomic mass is 16.6. The smallest absolute Gasteiger partial charge is 0.410 e. The van der Waals surface area contributed by atoms with E-state index >= 15 is 0 Å². The van der Waals surface area contributed by atoms with Crippen LogP contribution in [0.15, 0.2) is 24.8 Å². The molecule has 0 saturated carbocycles. The van der Waals surface area contributed by atoms with E-state index in [-0.39, 0.29) is 18.6 Å². The lowest BCUT2D eigenvalue weighted by Gasteiger charge is -2.29. The van der Waals surface area contributed by atoms with Gasteiger partial charge in [-0.1, -0.05) is 18.7 Å². The summed E-state index contributed by atoms with van der Waals surface area (Å²) in [7, 11) is 0. The van der Waals surface area contributed by atoms with Gasteiger partial charge >= 0.3 is 12.1 Å². The van der Waals surface area contributed by atoms with Crippen LogP contribution in [0, 0.1) is 5.92 Å². The summed E-state index contributed by atoms with van der Waals surface area (Å²) < 4.78 is 4.92. The van der Waals surface area contributed by atoms with E-state index < -0.39 is 5.97 Å². The molecule has 0 unspecified atom stereocenters. The Balaban J connectivity index is 2.32. The number of carboxylic acids is 1. The van der Waals surface area contributed by atoms with Gasteiger partial charge in [0.2, 0.25) is 0 Å². The van der Waals surface area contributed by atoms with Crippen molar-refractivity contribution in [2.45, 2.75) is 12.8 Å². The van der Waals surface area contributed by atoms with Crippen molar-refractivity contribution in [2.75, 3.05) is 19.7 Å². The maximum Gasteiger partial charge on any atom is 0.410 e.